The Kier molecular flexibility index (Phi) is 5.38. The van der Waals surface area contributed by atoms with Crippen LogP contribution in [0.1, 0.15) is 44.1 Å². The van der Waals surface area contributed by atoms with Crippen LogP contribution in [0.25, 0.3) is 0 Å². The molecule has 6 nitrogen and oxygen atoms in total. The van der Waals surface area contributed by atoms with Gasteiger partial charge < -0.3 is 14.5 Å². The van der Waals surface area contributed by atoms with Crippen molar-refractivity contribution in [2.45, 2.75) is 57.2 Å². The van der Waals surface area contributed by atoms with E-state index in [4.69, 9.17) is 4.74 Å². The van der Waals surface area contributed by atoms with Crippen LogP contribution in [0.2, 0.25) is 0 Å². The molecule has 0 spiro atoms. The number of ether oxygens (including phenoxy) is 1. The van der Waals surface area contributed by atoms with E-state index >= 15 is 0 Å². The molecule has 4 atom stereocenters. The summed E-state index contributed by atoms with van der Waals surface area (Å²) in [6.45, 7) is 0.949. The van der Waals surface area contributed by atoms with Gasteiger partial charge in [-0.25, -0.2) is 4.79 Å². The molecule has 0 N–H and O–H groups in total. The second-order valence-electron chi connectivity index (χ2n) is 8.29. The van der Waals surface area contributed by atoms with Crippen molar-refractivity contribution in [3.8, 4) is 0 Å². The Hall–Kier alpha value is -2.37. The maximum atomic E-state index is 13.4. The van der Waals surface area contributed by atoms with E-state index < -0.39 is 6.04 Å². The van der Waals surface area contributed by atoms with Crippen LogP contribution in [0.5, 0.6) is 0 Å². The molecule has 4 rings (SSSR count). The number of hydrogen-bond donors (Lipinski definition) is 0. The fraction of sp³-hybridized carbons (Fsp3) is 0.591. The summed E-state index contributed by atoms with van der Waals surface area (Å²) in [7, 11) is 1.38. The zero-order valence-corrected chi connectivity index (χ0v) is 16.4. The molecule has 2 saturated heterocycles. The zero-order chi connectivity index (χ0) is 19.7. The number of nitrogens with zero attached hydrogens (tertiary/aromatic N) is 2. The van der Waals surface area contributed by atoms with Crippen LogP contribution < -0.4 is 0 Å². The third-order valence-corrected chi connectivity index (χ3v) is 6.60. The molecule has 1 aromatic carbocycles. The maximum absolute atomic E-state index is 13.4. The molecule has 0 bridgehead atoms. The summed E-state index contributed by atoms with van der Waals surface area (Å²) in [6.07, 6.45) is 5.17. The average molecular weight is 384 g/mol. The molecule has 3 aliphatic rings. The van der Waals surface area contributed by atoms with E-state index in [2.05, 4.69) is 0 Å². The summed E-state index contributed by atoms with van der Waals surface area (Å²) in [5, 5.41) is 0. The Morgan fingerprint density at radius 2 is 1.89 bits per heavy atom. The molecule has 1 aliphatic carbocycles. The van der Waals surface area contributed by atoms with Gasteiger partial charge in [0.05, 0.1) is 13.0 Å². The number of carbonyl (C=O) groups excluding carboxylic acids is 3. The van der Waals surface area contributed by atoms with Crippen molar-refractivity contribution in [3.63, 3.8) is 0 Å². The third-order valence-electron chi connectivity index (χ3n) is 6.60. The molecular formula is C22H28N2O4. The van der Waals surface area contributed by atoms with Gasteiger partial charge in [0, 0.05) is 25.6 Å². The fourth-order valence-corrected chi connectivity index (χ4v) is 5.23. The quantitative estimate of drug-likeness (QED) is 0.748. The lowest BCUT2D eigenvalue weighted by Gasteiger charge is -2.34. The predicted octanol–water partition coefficient (Wildman–Crippen LogP) is 2.37. The Morgan fingerprint density at radius 1 is 1.14 bits per heavy atom. The number of amides is 2. The molecule has 2 aliphatic heterocycles. The van der Waals surface area contributed by atoms with Crippen LogP contribution in [0.4, 0.5) is 0 Å². The largest absolute Gasteiger partial charge is 0.467 e. The van der Waals surface area contributed by atoms with E-state index in [9.17, 15) is 14.4 Å². The monoisotopic (exact) mass is 384 g/mol. The van der Waals surface area contributed by atoms with E-state index in [0.717, 1.165) is 31.2 Å². The first kappa shape index (κ1) is 19.0. The van der Waals surface area contributed by atoms with Gasteiger partial charge in [-0.15, -0.1) is 0 Å². The third kappa shape index (κ3) is 3.52. The van der Waals surface area contributed by atoms with Gasteiger partial charge in [-0.2, -0.15) is 0 Å². The van der Waals surface area contributed by atoms with Crippen LogP contribution in [-0.4, -0.2) is 53.3 Å². The summed E-state index contributed by atoms with van der Waals surface area (Å²) < 4.78 is 4.99. The molecule has 6 heteroatoms. The van der Waals surface area contributed by atoms with Crippen molar-refractivity contribution in [2.24, 2.45) is 11.8 Å². The Bertz CT molecular complexity index is 750. The lowest BCUT2D eigenvalue weighted by Crippen LogP contribution is -2.49. The van der Waals surface area contributed by atoms with Crippen molar-refractivity contribution >= 4 is 17.8 Å². The van der Waals surface area contributed by atoms with Gasteiger partial charge in [0.15, 0.2) is 0 Å². The van der Waals surface area contributed by atoms with Gasteiger partial charge in [-0.1, -0.05) is 43.2 Å². The van der Waals surface area contributed by atoms with Crippen molar-refractivity contribution < 1.29 is 19.1 Å². The molecule has 28 heavy (non-hydrogen) atoms. The second-order valence-corrected chi connectivity index (χ2v) is 8.29. The van der Waals surface area contributed by atoms with Crippen molar-refractivity contribution in [3.05, 3.63) is 35.9 Å². The van der Waals surface area contributed by atoms with E-state index in [1.807, 2.05) is 30.3 Å². The van der Waals surface area contributed by atoms with Crippen LogP contribution in [0.3, 0.4) is 0 Å². The van der Waals surface area contributed by atoms with Gasteiger partial charge in [0.1, 0.15) is 6.04 Å². The first-order valence-electron chi connectivity index (χ1n) is 10.3. The normalized spacial score (nSPS) is 29.7. The highest BCUT2D eigenvalue weighted by atomic mass is 16.5. The molecular weight excluding hydrogens is 356 g/mol. The number of carbonyl (C=O) groups is 3. The first-order chi connectivity index (χ1) is 13.6. The number of fused-ring (bicyclic) bond motifs is 1. The molecule has 0 radical (unpaired) electrons. The van der Waals surface area contributed by atoms with Gasteiger partial charge in [0.25, 0.3) is 0 Å². The minimum Gasteiger partial charge on any atom is -0.467 e. The highest BCUT2D eigenvalue weighted by Crippen LogP contribution is 2.41. The van der Waals surface area contributed by atoms with Gasteiger partial charge in [0.2, 0.25) is 11.8 Å². The number of esters is 1. The Labute approximate surface area is 165 Å². The number of likely N-dealkylation sites (tertiary alicyclic amines) is 2. The lowest BCUT2D eigenvalue weighted by molar-refractivity contribution is -0.154. The number of hydrogen-bond acceptors (Lipinski definition) is 4. The fourth-order valence-electron chi connectivity index (χ4n) is 5.23. The van der Waals surface area contributed by atoms with Gasteiger partial charge >= 0.3 is 5.97 Å². The molecule has 2 amide bonds. The first-order valence-corrected chi connectivity index (χ1v) is 10.3. The minimum atomic E-state index is -0.496. The number of benzene rings is 1. The van der Waals surface area contributed by atoms with Crippen molar-refractivity contribution in [1.82, 2.24) is 9.80 Å². The van der Waals surface area contributed by atoms with Crippen LogP contribution in [-0.2, 0) is 25.7 Å². The van der Waals surface area contributed by atoms with Gasteiger partial charge in [-0.3, -0.25) is 9.59 Å². The Balaban J connectivity index is 1.49. The standard InChI is InChI=1S/C22H28N2O4/c1-28-22(27)19-11-16-9-5-6-10-18(16)24(19)21(26)17-12-20(25)23(14-17)13-15-7-3-2-4-8-15/h2-4,7-8,16-19H,5-6,9-14H2,1H3/t16-,17-,18+,19-/m0/s1. The van der Waals surface area contributed by atoms with Crippen molar-refractivity contribution in [2.75, 3.05) is 13.7 Å². The summed E-state index contributed by atoms with van der Waals surface area (Å²) in [5.74, 6) is -0.360. The molecule has 2 heterocycles. The summed E-state index contributed by atoms with van der Waals surface area (Å²) in [6, 6.07) is 9.45. The summed E-state index contributed by atoms with van der Waals surface area (Å²) >= 11 is 0. The zero-order valence-electron chi connectivity index (χ0n) is 16.4. The topological polar surface area (TPSA) is 66.9 Å². The summed E-state index contributed by atoms with van der Waals surface area (Å²) in [4.78, 5) is 41.9. The maximum Gasteiger partial charge on any atom is 0.328 e. The predicted molar refractivity (Wildman–Crippen MR) is 103 cm³/mol. The minimum absolute atomic E-state index is 0.0104. The molecule has 150 valence electrons. The van der Waals surface area contributed by atoms with Crippen LogP contribution >= 0.6 is 0 Å². The lowest BCUT2D eigenvalue weighted by atomic mass is 9.84. The molecule has 0 unspecified atom stereocenters. The molecule has 3 fully saturated rings. The van der Waals surface area contributed by atoms with E-state index in [0.29, 0.717) is 25.4 Å². The number of rotatable bonds is 4. The molecule has 1 aromatic rings. The van der Waals surface area contributed by atoms with E-state index in [1.165, 1.54) is 7.11 Å². The van der Waals surface area contributed by atoms with Crippen molar-refractivity contribution in [1.29, 1.82) is 0 Å². The van der Waals surface area contributed by atoms with Crippen LogP contribution in [0.15, 0.2) is 30.3 Å². The highest BCUT2D eigenvalue weighted by molar-refractivity contribution is 5.92. The molecule has 0 aromatic heterocycles. The SMILES string of the molecule is COC(=O)[C@@H]1C[C@@H]2CCCC[C@H]2N1C(=O)[C@H]1CC(=O)N(Cc2ccccc2)C1. The summed E-state index contributed by atoms with van der Waals surface area (Å²) in [5.41, 5.74) is 1.06. The van der Waals surface area contributed by atoms with E-state index in [1.54, 1.807) is 9.80 Å². The molecule has 1 saturated carbocycles. The van der Waals surface area contributed by atoms with Crippen LogP contribution in [0, 0.1) is 11.8 Å². The highest BCUT2D eigenvalue weighted by Gasteiger charge is 2.50. The second kappa shape index (κ2) is 7.94. The smallest absolute Gasteiger partial charge is 0.328 e. The van der Waals surface area contributed by atoms with E-state index in [-0.39, 0.29) is 36.2 Å². The van der Waals surface area contributed by atoms with Gasteiger partial charge in [-0.05, 0) is 30.7 Å². The average Bonchev–Trinajstić information content (AvgIpc) is 3.28. The number of methoxy groups -OCH3 is 1. The Morgan fingerprint density at radius 3 is 2.64 bits per heavy atom.